The molecule has 0 saturated heterocycles. The average molecular weight is 502 g/mol. The summed E-state index contributed by atoms with van der Waals surface area (Å²) in [4.78, 5) is 28.4. The van der Waals surface area contributed by atoms with Gasteiger partial charge in [0, 0.05) is 12.6 Å². The summed E-state index contributed by atoms with van der Waals surface area (Å²) in [5, 5.41) is 2.98. The highest BCUT2D eigenvalue weighted by Crippen LogP contribution is 2.25. The fraction of sp³-hybridized carbons (Fsp3) is 0.481. The summed E-state index contributed by atoms with van der Waals surface area (Å²) in [5.74, 6) is -0.664. The van der Waals surface area contributed by atoms with E-state index in [1.807, 2.05) is 77.9 Å². The zero-order chi connectivity index (χ0) is 26.3. The van der Waals surface area contributed by atoms with Gasteiger partial charge in [-0.05, 0) is 63.3 Å². The Kier molecular flexibility index (Phi) is 9.89. The predicted octanol–water partition coefficient (Wildman–Crippen LogP) is 4.10. The third-order valence-electron chi connectivity index (χ3n) is 6.17. The monoisotopic (exact) mass is 501 g/mol. The van der Waals surface area contributed by atoms with Crippen LogP contribution in [0.15, 0.2) is 42.5 Å². The van der Waals surface area contributed by atoms with E-state index in [1.165, 1.54) is 4.90 Å². The maximum absolute atomic E-state index is 13.7. The van der Waals surface area contributed by atoms with E-state index < -0.39 is 22.0 Å². The Morgan fingerprint density at radius 1 is 0.943 bits per heavy atom. The van der Waals surface area contributed by atoms with Crippen LogP contribution in [0.2, 0.25) is 0 Å². The molecular formula is C27H39N3O4S. The predicted molar refractivity (Wildman–Crippen MR) is 142 cm³/mol. The first-order chi connectivity index (χ1) is 16.4. The van der Waals surface area contributed by atoms with Crippen LogP contribution in [0.3, 0.4) is 0 Å². The van der Waals surface area contributed by atoms with Crippen LogP contribution < -0.4 is 9.62 Å². The highest BCUT2D eigenvalue weighted by atomic mass is 32.2. The normalized spacial score (nSPS) is 13.1. The minimum Gasteiger partial charge on any atom is -0.352 e. The van der Waals surface area contributed by atoms with Gasteiger partial charge in [0.2, 0.25) is 21.8 Å². The molecule has 0 aromatic heterocycles. The number of hydrogen-bond donors (Lipinski definition) is 1. The average Bonchev–Trinajstić information content (AvgIpc) is 2.79. The molecule has 7 nitrogen and oxygen atoms in total. The zero-order valence-electron chi connectivity index (χ0n) is 22.0. The maximum Gasteiger partial charge on any atom is 0.244 e. The number of carbonyl (C=O) groups excluding carboxylic acids is 2. The second-order valence-corrected chi connectivity index (χ2v) is 11.2. The van der Waals surface area contributed by atoms with Gasteiger partial charge in [0.25, 0.3) is 0 Å². The number of aryl methyl sites for hydroxylation is 3. The summed E-state index contributed by atoms with van der Waals surface area (Å²) in [7, 11) is -3.75. The van der Waals surface area contributed by atoms with Crippen LogP contribution in [0, 0.1) is 20.8 Å². The van der Waals surface area contributed by atoms with E-state index in [0.717, 1.165) is 39.2 Å². The Labute approximate surface area is 210 Å². The van der Waals surface area contributed by atoms with Crippen LogP contribution in [0.1, 0.15) is 55.9 Å². The van der Waals surface area contributed by atoms with Gasteiger partial charge in [0.1, 0.15) is 12.6 Å². The minimum absolute atomic E-state index is 0.0321. The highest BCUT2D eigenvalue weighted by molar-refractivity contribution is 7.92. The molecule has 0 aliphatic heterocycles. The molecule has 0 spiro atoms. The van der Waals surface area contributed by atoms with Crippen LogP contribution in [-0.4, -0.2) is 50.0 Å². The van der Waals surface area contributed by atoms with Crippen molar-refractivity contribution < 1.29 is 18.0 Å². The molecule has 8 heteroatoms. The van der Waals surface area contributed by atoms with Crippen molar-refractivity contribution in [3.05, 3.63) is 64.7 Å². The Morgan fingerprint density at radius 2 is 1.54 bits per heavy atom. The summed E-state index contributed by atoms with van der Waals surface area (Å²) in [5.41, 5.74) is 4.07. The van der Waals surface area contributed by atoms with Gasteiger partial charge >= 0.3 is 0 Å². The first-order valence-corrected chi connectivity index (χ1v) is 13.9. The number of nitrogens with zero attached hydrogens (tertiary/aromatic N) is 2. The van der Waals surface area contributed by atoms with Gasteiger partial charge in [-0.2, -0.15) is 0 Å². The molecule has 2 aromatic rings. The fourth-order valence-electron chi connectivity index (χ4n) is 3.83. The number of sulfonamides is 1. The third kappa shape index (κ3) is 7.82. The quantitative estimate of drug-likeness (QED) is 0.502. The van der Waals surface area contributed by atoms with Crippen LogP contribution in [0.5, 0.6) is 0 Å². The molecule has 2 atom stereocenters. The summed E-state index contributed by atoms with van der Waals surface area (Å²) in [6.45, 7) is 11.2. The van der Waals surface area contributed by atoms with E-state index in [4.69, 9.17) is 0 Å². The number of amides is 2. The molecule has 0 aliphatic carbocycles. The zero-order valence-corrected chi connectivity index (χ0v) is 22.8. The van der Waals surface area contributed by atoms with E-state index in [1.54, 1.807) is 6.07 Å². The Bertz CT molecular complexity index is 1130. The van der Waals surface area contributed by atoms with Crippen molar-refractivity contribution in [3.8, 4) is 0 Å². The van der Waals surface area contributed by atoms with Crippen molar-refractivity contribution >= 4 is 27.5 Å². The molecule has 192 valence electrons. The number of nitrogens with one attached hydrogen (secondary N) is 1. The van der Waals surface area contributed by atoms with Crippen molar-refractivity contribution in [2.24, 2.45) is 0 Å². The summed E-state index contributed by atoms with van der Waals surface area (Å²) < 4.78 is 26.7. The van der Waals surface area contributed by atoms with Gasteiger partial charge < -0.3 is 10.2 Å². The number of rotatable bonds is 11. The second kappa shape index (κ2) is 12.2. The SMILES string of the molecule is CC[C@H](C)NC(=O)[C@H](CC)N(Cc1ccc(C)cc1)C(=O)CN(c1cc(C)ccc1C)S(C)(=O)=O. The summed E-state index contributed by atoms with van der Waals surface area (Å²) in [6.07, 6.45) is 2.27. The number of anilines is 1. The molecular weight excluding hydrogens is 462 g/mol. The smallest absolute Gasteiger partial charge is 0.244 e. The molecule has 0 unspecified atom stereocenters. The van der Waals surface area contributed by atoms with Crippen molar-refractivity contribution in [1.29, 1.82) is 0 Å². The standard InChI is InChI=1S/C27H39N3O4S/c1-8-22(6)28-27(32)24(9-2)29(17-23-14-11-19(3)12-15-23)26(31)18-30(35(7,33)34)25-16-20(4)10-13-21(25)5/h10-16,22,24H,8-9,17-18H2,1-7H3,(H,28,32)/t22-,24-/m0/s1. The first kappa shape index (κ1) is 28.4. The maximum atomic E-state index is 13.7. The van der Waals surface area contributed by atoms with Crippen molar-refractivity contribution in [2.45, 2.75) is 73.0 Å². The van der Waals surface area contributed by atoms with E-state index >= 15 is 0 Å². The van der Waals surface area contributed by atoms with Gasteiger partial charge in [-0.15, -0.1) is 0 Å². The molecule has 0 radical (unpaired) electrons. The van der Waals surface area contributed by atoms with E-state index in [2.05, 4.69) is 5.32 Å². The number of benzene rings is 2. The van der Waals surface area contributed by atoms with E-state index in [-0.39, 0.29) is 25.0 Å². The molecule has 0 saturated carbocycles. The fourth-order valence-corrected chi connectivity index (χ4v) is 4.73. The summed E-state index contributed by atoms with van der Waals surface area (Å²) in [6, 6.07) is 12.5. The van der Waals surface area contributed by atoms with Gasteiger partial charge in [-0.3, -0.25) is 13.9 Å². The first-order valence-electron chi connectivity index (χ1n) is 12.1. The molecule has 0 bridgehead atoms. The topological polar surface area (TPSA) is 86.8 Å². The molecule has 0 heterocycles. The second-order valence-electron chi connectivity index (χ2n) is 9.31. The van der Waals surface area contributed by atoms with Crippen LogP contribution in [-0.2, 0) is 26.2 Å². The van der Waals surface area contributed by atoms with Crippen LogP contribution in [0.25, 0.3) is 0 Å². The van der Waals surface area contributed by atoms with Crippen LogP contribution in [0.4, 0.5) is 5.69 Å². The molecule has 2 aromatic carbocycles. The largest absolute Gasteiger partial charge is 0.352 e. The molecule has 35 heavy (non-hydrogen) atoms. The van der Waals surface area contributed by atoms with Crippen molar-refractivity contribution in [1.82, 2.24) is 10.2 Å². The van der Waals surface area contributed by atoms with Gasteiger partial charge in [0.05, 0.1) is 11.9 Å². The lowest BCUT2D eigenvalue weighted by Crippen LogP contribution is -2.53. The summed E-state index contributed by atoms with van der Waals surface area (Å²) >= 11 is 0. The lowest BCUT2D eigenvalue weighted by molar-refractivity contribution is -0.140. The van der Waals surface area contributed by atoms with Gasteiger partial charge in [0.15, 0.2) is 0 Å². The lowest BCUT2D eigenvalue weighted by Gasteiger charge is -2.33. The van der Waals surface area contributed by atoms with Gasteiger partial charge in [-0.1, -0.05) is 55.8 Å². The molecule has 0 aliphatic rings. The Balaban J connectivity index is 2.47. The Morgan fingerprint density at radius 3 is 2.09 bits per heavy atom. The van der Waals surface area contributed by atoms with Gasteiger partial charge in [-0.25, -0.2) is 8.42 Å². The Hall–Kier alpha value is -2.87. The number of hydrogen-bond acceptors (Lipinski definition) is 4. The molecule has 2 rings (SSSR count). The highest BCUT2D eigenvalue weighted by Gasteiger charge is 2.32. The number of carbonyl (C=O) groups is 2. The van der Waals surface area contributed by atoms with Crippen molar-refractivity contribution in [2.75, 3.05) is 17.1 Å². The van der Waals surface area contributed by atoms with Crippen molar-refractivity contribution in [3.63, 3.8) is 0 Å². The third-order valence-corrected chi connectivity index (χ3v) is 7.30. The molecule has 0 fully saturated rings. The molecule has 1 N–H and O–H groups in total. The lowest BCUT2D eigenvalue weighted by atomic mass is 10.1. The van der Waals surface area contributed by atoms with E-state index in [9.17, 15) is 18.0 Å². The molecule has 2 amide bonds. The minimum atomic E-state index is -3.75. The van der Waals surface area contributed by atoms with E-state index in [0.29, 0.717) is 12.1 Å². The van der Waals surface area contributed by atoms with Crippen LogP contribution >= 0.6 is 0 Å².